The SMILES string of the molecule is Cc1ccc(C)c2[cH-]c(P(C)P(C)c3cc4c(C)ccc(C)c4[cH-]3)cc12.[F-].[F-].[Ti+4]. The number of fused-ring (bicyclic) bond motifs is 2. The average molecular weight is 462 g/mol. The molecule has 0 amide bonds. The van der Waals surface area contributed by atoms with Gasteiger partial charge in [0.1, 0.15) is 0 Å². The monoisotopic (exact) mass is 462 g/mol. The first kappa shape index (κ1) is 26.1. The molecule has 0 spiro atoms. The summed E-state index contributed by atoms with van der Waals surface area (Å²) < 4.78 is 0. The minimum atomic E-state index is -0.176. The van der Waals surface area contributed by atoms with Gasteiger partial charge in [0, 0.05) is 0 Å². The van der Waals surface area contributed by atoms with Crippen LogP contribution in [0.3, 0.4) is 0 Å². The first-order chi connectivity index (χ1) is 12.4. The Morgan fingerprint density at radius 3 is 1.21 bits per heavy atom. The third-order valence-corrected chi connectivity index (χ3v) is 12.8. The van der Waals surface area contributed by atoms with Crippen LogP contribution in [0.1, 0.15) is 22.3 Å². The normalized spacial score (nSPS) is 12.8. The molecule has 0 heterocycles. The molecule has 0 aliphatic heterocycles. The van der Waals surface area contributed by atoms with E-state index in [0.717, 1.165) is 0 Å². The van der Waals surface area contributed by atoms with Gasteiger partial charge in [-0.05, 0) is 27.2 Å². The van der Waals surface area contributed by atoms with Gasteiger partial charge in [-0.2, -0.15) is 12.1 Å². The van der Waals surface area contributed by atoms with E-state index in [1.54, 1.807) is 10.6 Å². The Morgan fingerprint density at radius 1 is 0.586 bits per heavy atom. The molecule has 150 valence electrons. The molecule has 0 fully saturated rings. The molecule has 0 nitrogen and oxygen atoms in total. The topological polar surface area (TPSA) is 0 Å². The van der Waals surface area contributed by atoms with Gasteiger partial charge < -0.3 is 9.41 Å². The Hall–Kier alpha value is -0.906. The molecule has 4 aromatic rings. The summed E-state index contributed by atoms with van der Waals surface area (Å²) in [5, 5.41) is 8.88. The van der Waals surface area contributed by atoms with Gasteiger partial charge in [-0.15, -0.1) is 67.5 Å². The van der Waals surface area contributed by atoms with Crippen molar-refractivity contribution in [2.75, 3.05) is 13.3 Å². The molecule has 0 bridgehead atoms. The van der Waals surface area contributed by atoms with E-state index in [0.29, 0.717) is 0 Å². The van der Waals surface area contributed by atoms with Gasteiger partial charge in [-0.25, -0.2) is 0 Å². The standard InChI is InChI=1S/C24H26P2.2FH.Ti/c1-15-7-8-16(2)22-12-19(11-21(15)22)25(5)26(6)20-13-23-17(3)9-10-18(4)24(23)14-20;;;/h7-14H,1-6H3;2*1H;/q-2;;;+4/p-2. The number of hydrogen-bond acceptors (Lipinski definition) is 0. The van der Waals surface area contributed by atoms with Crippen LogP contribution in [0.4, 0.5) is 0 Å². The molecular formula is C24H26F2P2Ti. The maximum absolute atomic E-state index is 2.47. The zero-order chi connectivity index (χ0) is 18.6. The summed E-state index contributed by atoms with van der Waals surface area (Å²) in [6.07, 6.45) is 0. The largest absolute Gasteiger partial charge is 4.00 e. The molecular weight excluding hydrogens is 436 g/mol. The molecule has 2 atom stereocenters. The van der Waals surface area contributed by atoms with E-state index in [4.69, 9.17) is 0 Å². The fourth-order valence-electron chi connectivity index (χ4n) is 3.87. The minimum Gasteiger partial charge on any atom is -1.00 e. The van der Waals surface area contributed by atoms with E-state index in [-0.39, 0.29) is 46.3 Å². The van der Waals surface area contributed by atoms with Gasteiger partial charge >= 0.3 is 21.7 Å². The molecule has 4 rings (SSSR count). The molecule has 0 saturated carbocycles. The van der Waals surface area contributed by atoms with Crippen LogP contribution in [0.15, 0.2) is 48.5 Å². The van der Waals surface area contributed by atoms with Crippen molar-refractivity contribution in [3.63, 3.8) is 0 Å². The maximum atomic E-state index is 2.47. The third kappa shape index (κ3) is 4.57. The van der Waals surface area contributed by atoms with E-state index < -0.39 is 0 Å². The van der Waals surface area contributed by atoms with Crippen molar-refractivity contribution in [3.8, 4) is 0 Å². The maximum Gasteiger partial charge on any atom is 4.00 e. The van der Waals surface area contributed by atoms with Crippen molar-refractivity contribution in [3.05, 3.63) is 70.8 Å². The average Bonchev–Trinajstić information content (AvgIpc) is 3.26. The molecule has 0 radical (unpaired) electrons. The smallest absolute Gasteiger partial charge is 1.00 e. The van der Waals surface area contributed by atoms with Crippen LogP contribution in [0.5, 0.6) is 0 Å². The van der Waals surface area contributed by atoms with E-state index in [9.17, 15) is 0 Å². The van der Waals surface area contributed by atoms with Crippen LogP contribution in [0, 0.1) is 27.7 Å². The van der Waals surface area contributed by atoms with Gasteiger partial charge in [0.25, 0.3) is 0 Å². The summed E-state index contributed by atoms with van der Waals surface area (Å²) in [7, 11) is -0.352. The molecule has 4 aromatic carbocycles. The molecule has 0 aromatic heterocycles. The van der Waals surface area contributed by atoms with E-state index in [1.807, 2.05) is 0 Å². The molecule has 29 heavy (non-hydrogen) atoms. The number of halogens is 2. The number of rotatable bonds is 3. The Labute approximate surface area is 189 Å². The van der Waals surface area contributed by atoms with E-state index in [2.05, 4.69) is 89.6 Å². The van der Waals surface area contributed by atoms with Gasteiger partial charge in [-0.3, -0.25) is 0 Å². The van der Waals surface area contributed by atoms with Gasteiger partial charge in [0.15, 0.2) is 0 Å². The van der Waals surface area contributed by atoms with E-state index >= 15 is 0 Å². The molecule has 0 aliphatic rings. The number of hydrogen-bond donors (Lipinski definition) is 0. The number of aryl methyl sites for hydroxylation is 4. The predicted octanol–water partition coefficient (Wildman–Crippen LogP) is 0.759. The van der Waals surface area contributed by atoms with Crippen molar-refractivity contribution in [2.45, 2.75) is 27.7 Å². The quantitative estimate of drug-likeness (QED) is 0.240. The second-order valence-corrected chi connectivity index (χ2v) is 14.3. The fraction of sp³-hybridized carbons (Fsp3) is 0.250. The van der Waals surface area contributed by atoms with Crippen molar-refractivity contribution in [2.24, 2.45) is 0 Å². The zero-order valence-corrected chi connectivity index (χ0v) is 21.1. The Morgan fingerprint density at radius 2 is 0.897 bits per heavy atom. The van der Waals surface area contributed by atoms with Crippen LogP contribution in [-0.4, -0.2) is 13.3 Å². The summed E-state index contributed by atoms with van der Waals surface area (Å²) in [6, 6.07) is 18.9. The summed E-state index contributed by atoms with van der Waals surface area (Å²) in [5.41, 5.74) is 5.58. The van der Waals surface area contributed by atoms with Crippen LogP contribution < -0.4 is 20.0 Å². The van der Waals surface area contributed by atoms with Crippen LogP contribution >= 0.6 is 15.2 Å². The summed E-state index contributed by atoms with van der Waals surface area (Å²) >= 11 is 0. The molecule has 0 N–H and O–H groups in total. The van der Waals surface area contributed by atoms with Crippen molar-refractivity contribution >= 4 is 47.4 Å². The minimum absolute atomic E-state index is 0. The molecule has 0 saturated heterocycles. The molecule has 2 unspecified atom stereocenters. The Balaban J connectivity index is 0.00000140. The van der Waals surface area contributed by atoms with Crippen molar-refractivity contribution in [1.82, 2.24) is 0 Å². The summed E-state index contributed by atoms with van der Waals surface area (Å²) in [5.74, 6) is 0. The van der Waals surface area contributed by atoms with Crippen LogP contribution in [0.25, 0.3) is 21.5 Å². The van der Waals surface area contributed by atoms with Crippen molar-refractivity contribution < 1.29 is 31.1 Å². The summed E-state index contributed by atoms with van der Waals surface area (Å²) in [6.45, 7) is 13.9. The van der Waals surface area contributed by atoms with Gasteiger partial charge in [-0.1, -0.05) is 52.3 Å². The van der Waals surface area contributed by atoms with Crippen molar-refractivity contribution in [1.29, 1.82) is 0 Å². The van der Waals surface area contributed by atoms with E-state index in [1.165, 1.54) is 43.8 Å². The summed E-state index contributed by atoms with van der Waals surface area (Å²) in [4.78, 5) is 0. The molecule has 5 heteroatoms. The predicted molar refractivity (Wildman–Crippen MR) is 123 cm³/mol. The second kappa shape index (κ2) is 9.93. The Kier molecular flexibility index (Phi) is 8.95. The first-order valence-electron chi connectivity index (χ1n) is 9.17. The third-order valence-electron chi connectivity index (χ3n) is 5.81. The first-order valence-corrected chi connectivity index (χ1v) is 13.5. The zero-order valence-electron chi connectivity index (χ0n) is 17.8. The second-order valence-electron chi connectivity index (χ2n) is 7.53. The van der Waals surface area contributed by atoms with Crippen LogP contribution in [0.2, 0.25) is 0 Å². The Bertz CT molecular complexity index is 959. The van der Waals surface area contributed by atoms with Gasteiger partial charge in [0.2, 0.25) is 0 Å². The van der Waals surface area contributed by atoms with Gasteiger partial charge in [0.05, 0.1) is 0 Å². The number of benzene rings is 2. The fourth-order valence-corrected chi connectivity index (χ4v) is 8.60. The van der Waals surface area contributed by atoms with Crippen LogP contribution in [-0.2, 0) is 21.7 Å². The molecule has 0 aliphatic carbocycles.